The minimum Gasteiger partial charge on any atom is -0.468 e. The fourth-order valence-electron chi connectivity index (χ4n) is 1.73. The summed E-state index contributed by atoms with van der Waals surface area (Å²) in [4.78, 5) is 11.9. The van der Waals surface area contributed by atoms with Gasteiger partial charge in [0.2, 0.25) is 0 Å². The zero-order chi connectivity index (χ0) is 12.9. The van der Waals surface area contributed by atoms with E-state index >= 15 is 0 Å². The summed E-state index contributed by atoms with van der Waals surface area (Å²) in [5.74, 6) is -0.297. The molecule has 90 valence electrons. The van der Waals surface area contributed by atoms with E-state index in [1.165, 1.54) is 7.11 Å². The standard InChI is InChI=1S/C13H14INO2/c1-13(7-4-8-15,12(16)17-2)10-5-3-6-11(14)9-10/h3,5-6,9H,4,7H2,1-2H3. The fourth-order valence-corrected chi connectivity index (χ4v) is 2.27. The van der Waals surface area contributed by atoms with Crippen LogP contribution in [0.4, 0.5) is 0 Å². The minimum atomic E-state index is -0.744. The first kappa shape index (κ1) is 14.0. The van der Waals surface area contributed by atoms with Gasteiger partial charge in [-0.1, -0.05) is 12.1 Å². The molecule has 0 heterocycles. The molecule has 0 radical (unpaired) electrons. The van der Waals surface area contributed by atoms with Gasteiger partial charge in [-0.25, -0.2) is 0 Å². The lowest BCUT2D eigenvalue weighted by atomic mass is 9.78. The summed E-state index contributed by atoms with van der Waals surface area (Å²) in [6.07, 6.45) is 0.799. The summed E-state index contributed by atoms with van der Waals surface area (Å²) < 4.78 is 5.92. The van der Waals surface area contributed by atoms with Crippen LogP contribution in [0.1, 0.15) is 25.3 Å². The summed E-state index contributed by atoms with van der Waals surface area (Å²) in [6.45, 7) is 1.82. The molecule has 0 N–H and O–H groups in total. The number of esters is 1. The quantitative estimate of drug-likeness (QED) is 0.624. The Morgan fingerprint density at radius 2 is 2.29 bits per heavy atom. The first-order valence-corrected chi connectivity index (χ1v) is 6.34. The second kappa shape index (κ2) is 6.01. The Balaban J connectivity index is 3.14. The van der Waals surface area contributed by atoms with Crippen molar-refractivity contribution in [1.29, 1.82) is 5.26 Å². The van der Waals surface area contributed by atoms with Crippen molar-refractivity contribution < 1.29 is 9.53 Å². The van der Waals surface area contributed by atoms with E-state index < -0.39 is 5.41 Å². The average Bonchev–Trinajstić information content (AvgIpc) is 2.34. The highest BCUT2D eigenvalue weighted by Crippen LogP contribution is 2.31. The number of halogens is 1. The van der Waals surface area contributed by atoms with Gasteiger partial charge in [-0.2, -0.15) is 5.26 Å². The Bertz CT molecular complexity index is 453. The first-order valence-electron chi connectivity index (χ1n) is 5.26. The molecule has 0 spiro atoms. The molecule has 1 unspecified atom stereocenters. The van der Waals surface area contributed by atoms with E-state index in [2.05, 4.69) is 28.7 Å². The second-order valence-electron chi connectivity index (χ2n) is 3.99. The Morgan fingerprint density at radius 3 is 2.82 bits per heavy atom. The maximum absolute atomic E-state index is 11.9. The SMILES string of the molecule is COC(=O)C(C)(CCC#N)c1cccc(I)c1. The fraction of sp³-hybridized carbons (Fsp3) is 0.385. The zero-order valence-corrected chi connectivity index (χ0v) is 12.0. The van der Waals surface area contributed by atoms with E-state index in [0.29, 0.717) is 12.8 Å². The predicted molar refractivity (Wildman–Crippen MR) is 73.4 cm³/mol. The molecule has 1 aromatic carbocycles. The van der Waals surface area contributed by atoms with Gasteiger partial charge >= 0.3 is 5.97 Å². The molecule has 0 bridgehead atoms. The van der Waals surface area contributed by atoms with Gasteiger partial charge in [0.15, 0.2) is 0 Å². The average molecular weight is 343 g/mol. The number of carbonyl (C=O) groups excluding carboxylic acids is 1. The summed E-state index contributed by atoms with van der Waals surface area (Å²) in [5, 5.41) is 8.68. The highest BCUT2D eigenvalue weighted by atomic mass is 127. The molecule has 0 saturated heterocycles. The van der Waals surface area contributed by atoms with E-state index in [9.17, 15) is 4.79 Å². The normalized spacial score (nSPS) is 13.5. The van der Waals surface area contributed by atoms with Crippen LogP contribution in [0.2, 0.25) is 0 Å². The highest BCUT2D eigenvalue weighted by molar-refractivity contribution is 14.1. The Kier molecular flexibility index (Phi) is 4.94. The van der Waals surface area contributed by atoms with Crippen LogP contribution in [0, 0.1) is 14.9 Å². The zero-order valence-electron chi connectivity index (χ0n) is 9.87. The smallest absolute Gasteiger partial charge is 0.316 e. The van der Waals surface area contributed by atoms with E-state index in [1.807, 2.05) is 31.2 Å². The molecule has 4 heteroatoms. The second-order valence-corrected chi connectivity index (χ2v) is 5.24. The van der Waals surface area contributed by atoms with Crippen molar-refractivity contribution in [3.05, 3.63) is 33.4 Å². The van der Waals surface area contributed by atoms with Crippen molar-refractivity contribution in [1.82, 2.24) is 0 Å². The lowest BCUT2D eigenvalue weighted by molar-refractivity contribution is -0.147. The number of hydrogen-bond donors (Lipinski definition) is 0. The number of rotatable bonds is 4. The van der Waals surface area contributed by atoms with Gasteiger partial charge in [0.05, 0.1) is 18.6 Å². The predicted octanol–water partition coefficient (Wildman–Crippen LogP) is 3.03. The van der Waals surface area contributed by atoms with Gasteiger partial charge in [0, 0.05) is 9.99 Å². The molecule has 0 aromatic heterocycles. The van der Waals surface area contributed by atoms with Crippen molar-refractivity contribution in [3.8, 4) is 6.07 Å². The molecule has 1 atom stereocenters. The Labute approximate surface area is 115 Å². The van der Waals surface area contributed by atoms with Gasteiger partial charge < -0.3 is 4.74 Å². The number of nitrogens with zero attached hydrogens (tertiary/aromatic N) is 1. The van der Waals surface area contributed by atoms with Gasteiger partial charge in [-0.15, -0.1) is 0 Å². The third-order valence-corrected chi connectivity index (χ3v) is 3.51. The van der Waals surface area contributed by atoms with Crippen LogP contribution in [0.25, 0.3) is 0 Å². The number of nitriles is 1. The maximum atomic E-state index is 11.9. The first-order chi connectivity index (χ1) is 8.04. The van der Waals surface area contributed by atoms with Crippen LogP contribution in [0.15, 0.2) is 24.3 Å². The maximum Gasteiger partial charge on any atom is 0.316 e. The van der Waals surface area contributed by atoms with Crippen LogP contribution in [-0.2, 0) is 14.9 Å². The number of methoxy groups -OCH3 is 1. The van der Waals surface area contributed by atoms with E-state index in [4.69, 9.17) is 10.00 Å². The molecule has 1 aromatic rings. The van der Waals surface area contributed by atoms with Gasteiger partial charge in [-0.3, -0.25) is 4.79 Å². The molecule has 0 amide bonds. The summed E-state index contributed by atoms with van der Waals surface area (Å²) in [7, 11) is 1.38. The third-order valence-electron chi connectivity index (χ3n) is 2.83. The van der Waals surface area contributed by atoms with Crippen LogP contribution in [0.5, 0.6) is 0 Å². The molecule has 0 aliphatic heterocycles. The molecular formula is C13H14INO2. The lowest BCUT2D eigenvalue weighted by Gasteiger charge is -2.26. The molecule has 0 aliphatic rings. The van der Waals surface area contributed by atoms with E-state index in [0.717, 1.165) is 9.13 Å². The minimum absolute atomic E-state index is 0.297. The summed E-state index contributed by atoms with van der Waals surface area (Å²) >= 11 is 2.20. The van der Waals surface area contributed by atoms with Gasteiger partial charge in [-0.05, 0) is 53.6 Å². The monoisotopic (exact) mass is 343 g/mol. The van der Waals surface area contributed by atoms with Crippen LogP contribution in [-0.4, -0.2) is 13.1 Å². The van der Waals surface area contributed by atoms with Gasteiger partial charge in [0.25, 0.3) is 0 Å². The molecule has 0 aliphatic carbocycles. The third kappa shape index (κ3) is 3.19. The highest BCUT2D eigenvalue weighted by Gasteiger charge is 2.35. The van der Waals surface area contributed by atoms with Crippen LogP contribution in [0.3, 0.4) is 0 Å². The van der Waals surface area contributed by atoms with Crippen molar-refractivity contribution >= 4 is 28.6 Å². The molecule has 0 fully saturated rings. The molecule has 17 heavy (non-hydrogen) atoms. The molecular weight excluding hydrogens is 329 g/mol. The van der Waals surface area contributed by atoms with Gasteiger partial charge in [0.1, 0.15) is 0 Å². The van der Waals surface area contributed by atoms with E-state index in [1.54, 1.807) is 0 Å². The topological polar surface area (TPSA) is 50.1 Å². The molecule has 1 rings (SSSR count). The molecule has 3 nitrogen and oxygen atoms in total. The van der Waals surface area contributed by atoms with E-state index in [-0.39, 0.29) is 5.97 Å². The number of ether oxygens (including phenoxy) is 1. The summed E-state index contributed by atoms with van der Waals surface area (Å²) in [5.41, 5.74) is 0.151. The van der Waals surface area contributed by atoms with Crippen molar-refractivity contribution in [2.75, 3.05) is 7.11 Å². The summed E-state index contributed by atoms with van der Waals surface area (Å²) in [6, 6.07) is 9.80. The number of hydrogen-bond acceptors (Lipinski definition) is 3. The largest absolute Gasteiger partial charge is 0.468 e. The Morgan fingerprint density at radius 1 is 1.59 bits per heavy atom. The van der Waals surface area contributed by atoms with Crippen molar-refractivity contribution in [3.63, 3.8) is 0 Å². The van der Waals surface area contributed by atoms with Crippen molar-refractivity contribution in [2.45, 2.75) is 25.2 Å². The Hall–Kier alpha value is -1.09. The number of carbonyl (C=O) groups is 1. The number of benzene rings is 1. The van der Waals surface area contributed by atoms with Crippen LogP contribution < -0.4 is 0 Å². The van der Waals surface area contributed by atoms with Crippen molar-refractivity contribution in [2.24, 2.45) is 0 Å². The molecule has 0 saturated carbocycles. The van der Waals surface area contributed by atoms with Crippen LogP contribution >= 0.6 is 22.6 Å². The lowest BCUT2D eigenvalue weighted by Crippen LogP contribution is -2.33.